The van der Waals surface area contributed by atoms with E-state index in [1.54, 1.807) is 10.6 Å². The average Bonchev–Trinajstić information content (AvgIpc) is 3.06. The molecule has 134 valence electrons. The minimum atomic E-state index is -0.0782. The van der Waals surface area contributed by atoms with Crippen LogP contribution in [0.4, 0.5) is 0 Å². The van der Waals surface area contributed by atoms with E-state index in [2.05, 4.69) is 27.3 Å². The summed E-state index contributed by atoms with van der Waals surface area (Å²) in [6.45, 7) is 1.89. The molecule has 5 rings (SSSR count). The molecule has 3 aromatic heterocycles. The van der Waals surface area contributed by atoms with Crippen LogP contribution in [0.15, 0.2) is 53.5 Å². The van der Waals surface area contributed by atoms with Crippen LogP contribution in [0.25, 0.3) is 27.8 Å². The van der Waals surface area contributed by atoms with E-state index in [4.69, 9.17) is 0 Å². The molecule has 1 aliphatic carbocycles. The van der Waals surface area contributed by atoms with Crippen LogP contribution in [0.3, 0.4) is 0 Å². The van der Waals surface area contributed by atoms with E-state index in [-0.39, 0.29) is 5.56 Å². The summed E-state index contributed by atoms with van der Waals surface area (Å²) in [6, 6.07) is 13.5. The Kier molecular flexibility index (Phi) is 3.67. The Morgan fingerprint density at radius 1 is 1.00 bits per heavy atom. The molecular weight excluding hydrogens is 336 g/mol. The maximum absolute atomic E-state index is 12.7. The van der Waals surface area contributed by atoms with Gasteiger partial charge in [0.1, 0.15) is 0 Å². The van der Waals surface area contributed by atoms with Gasteiger partial charge in [-0.05, 0) is 68.5 Å². The summed E-state index contributed by atoms with van der Waals surface area (Å²) in [5.41, 5.74) is 7.04. The standard InChI is InChI=1S/C22H20N4O/c1-14-6-9-19(25-24-14)15-10-11-26(22(27)12-15)16-7-8-18-17-4-2-3-5-20(17)23-21(18)13-16/h6-13,23H,2-5H2,1H3. The largest absolute Gasteiger partial charge is 0.358 e. The average molecular weight is 356 g/mol. The quantitative estimate of drug-likeness (QED) is 0.591. The molecule has 1 N–H and O–H groups in total. The van der Waals surface area contributed by atoms with Crippen molar-refractivity contribution in [2.24, 2.45) is 0 Å². The number of nitrogens with zero attached hydrogens (tertiary/aromatic N) is 3. The molecular formula is C22H20N4O. The van der Waals surface area contributed by atoms with Gasteiger partial charge in [-0.25, -0.2) is 0 Å². The van der Waals surface area contributed by atoms with Gasteiger partial charge in [-0.2, -0.15) is 10.2 Å². The molecule has 0 bridgehead atoms. The zero-order valence-electron chi connectivity index (χ0n) is 15.2. The molecule has 4 aromatic rings. The van der Waals surface area contributed by atoms with Crippen molar-refractivity contribution in [2.75, 3.05) is 0 Å². The number of fused-ring (bicyclic) bond motifs is 3. The lowest BCUT2D eigenvalue weighted by Gasteiger charge is -2.10. The van der Waals surface area contributed by atoms with Crippen molar-refractivity contribution in [2.45, 2.75) is 32.6 Å². The number of benzene rings is 1. The highest BCUT2D eigenvalue weighted by Gasteiger charge is 2.15. The molecule has 1 aromatic carbocycles. The summed E-state index contributed by atoms with van der Waals surface area (Å²) in [7, 11) is 0. The Balaban J connectivity index is 1.56. The molecule has 0 atom stereocenters. The highest BCUT2D eigenvalue weighted by atomic mass is 16.1. The van der Waals surface area contributed by atoms with Crippen LogP contribution in [0.1, 0.15) is 29.8 Å². The molecule has 0 fully saturated rings. The van der Waals surface area contributed by atoms with Crippen molar-refractivity contribution in [1.82, 2.24) is 19.7 Å². The number of H-pyrrole nitrogens is 1. The molecule has 0 aliphatic heterocycles. The third-order valence-corrected chi connectivity index (χ3v) is 5.37. The fourth-order valence-corrected chi connectivity index (χ4v) is 3.96. The third-order valence-electron chi connectivity index (χ3n) is 5.37. The first-order chi connectivity index (χ1) is 13.2. The molecule has 3 heterocycles. The first-order valence-corrected chi connectivity index (χ1v) is 9.36. The Morgan fingerprint density at radius 2 is 1.89 bits per heavy atom. The molecule has 0 unspecified atom stereocenters. The Morgan fingerprint density at radius 3 is 2.70 bits per heavy atom. The summed E-state index contributed by atoms with van der Waals surface area (Å²) < 4.78 is 1.67. The lowest BCUT2D eigenvalue weighted by Crippen LogP contribution is -2.16. The van der Waals surface area contributed by atoms with Gasteiger partial charge in [-0.1, -0.05) is 6.07 Å². The van der Waals surface area contributed by atoms with Gasteiger partial charge in [0.05, 0.1) is 17.1 Å². The minimum absolute atomic E-state index is 0.0782. The van der Waals surface area contributed by atoms with Gasteiger partial charge in [0.2, 0.25) is 0 Å². The van der Waals surface area contributed by atoms with E-state index in [1.165, 1.54) is 29.5 Å². The monoisotopic (exact) mass is 356 g/mol. The van der Waals surface area contributed by atoms with Crippen LogP contribution in [0, 0.1) is 6.92 Å². The second-order valence-corrected chi connectivity index (χ2v) is 7.20. The van der Waals surface area contributed by atoms with Crippen LogP contribution >= 0.6 is 0 Å². The molecule has 0 radical (unpaired) electrons. The predicted octanol–water partition coefficient (Wildman–Crippen LogP) is 3.96. The van der Waals surface area contributed by atoms with Crippen LogP contribution in [0.2, 0.25) is 0 Å². The lowest BCUT2D eigenvalue weighted by molar-refractivity contribution is 0.680. The number of hydrogen-bond donors (Lipinski definition) is 1. The maximum atomic E-state index is 12.7. The van der Waals surface area contributed by atoms with E-state index < -0.39 is 0 Å². The molecule has 5 heteroatoms. The number of rotatable bonds is 2. The van der Waals surface area contributed by atoms with Crippen LogP contribution in [-0.4, -0.2) is 19.7 Å². The first kappa shape index (κ1) is 16.0. The number of aromatic nitrogens is 4. The van der Waals surface area contributed by atoms with E-state index in [0.29, 0.717) is 5.69 Å². The third kappa shape index (κ3) is 2.76. The zero-order chi connectivity index (χ0) is 18.4. The normalized spacial score (nSPS) is 13.7. The summed E-state index contributed by atoms with van der Waals surface area (Å²) >= 11 is 0. The van der Waals surface area contributed by atoms with Gasteiger partial charge in [-0.15, -0.1) is 0 Å². The summed E-state index contributed by atoms with van der Waals surface area (Å²) in [4.78, 5) is 16.3. The summed E-state index contributed by atoms with van der Waals surface area (Å²) in [5.74, 6) is 0. The van der Waals surface area contributed by atoms with Crippen LogP contribution in [-0.2, 0) is 12.8 Å². The lowest BCUT2D eigenvalue weighted by atomic mass is 9.96. The fourth-order valence-electron chi connectivity index (χ4n) is 3.96. The summed E-state index contributed by atoms with van der Waals surface area (Å²) in [6.07, 6.45) is 6.57. The van der Waals surface area contributed by atoms with E-state index in [1.807, 2.05) is 37.4 Å². The molecule has 27 heavy (non-hydrogen) atoms. The molecule has 0 amide bonds. The van der Waals surface area contributed by atoms with E-state index >= 15 is 0 Å². The molecule has 0 saturated heterocycles. The second kappa shape index (κ2) is 6.20. The number of aromatic amines is 1. The smallest absolute Gasteiger partial charge is 0.255 e. The van der Waals surface area contributed by atoms with Crippen molar-refractivity contribution >= 4 is 10.9 Å². The van der Waals surface area contributed by atoms with E-state index in [9.17, 15) is 4.79 Å². The SMILES string of the molecule is Cc1ccc(-c2ccn(-c3ccc4c5c([nH]c4c3)CCCC5)c(=O)c2)nn1. The van der Waals surface area contributed by atoms with Crippen LogP contribution < -0.4 is 5.56 Å². The topological polar surface area (TPSA) is 63.6 Å². The van der Waals surface area contributed by atoms with Gasteiger partial charge in [0, 0.05) is 34.4 Å². The molecule has 0 saturated carbocycles. The Bertz CT molecular complexity index is 1200. The second-order valence-electron chi connectivity index (χ2n) is 7.20. The first-order valence-electron chi connectivity index (χ1n) is 9.36. The van der Waals surface area contributed by atoms with Gasteiger partial charge < -0.3 is 4.98 Å². The molecule has 0 spiro atoms. The Hall–Kier alpha value is -3.21. The number of aryl methyl sites for hydroxylation is 3. The zero-order valence-corrected chi connectivity index (χ0v) is 15.2. The highest BCUT2D eigenvalue weighted by Crippen LogP contribution is 2.30. The molecule has 5 nitrogen and oxygen atoms in total. The van der Waals surface area contributed by atoms with Crippen molar-refractivity contribution in [3.8, 4) is 16.9 Å². The highest BCUT2D eigenvalue weighted by molar-refractivity contribution is 5.86. The summed E-state index contributed by atoms with van der Waals surface area (Å²) in [5, 5.41) is 9.52. The minimum Gasteiger partial charge on any atom is -0.358 e. The van der Waals surface area contributed by atoms with E-state index in [0.717, 1.165) is 35.3 Å². The van der Waals surface area contributed by atoms with Gasteiger partial charge >= 0.3 is 0 Å². The Labute approximate surface area is 156 Å². The van der Waals surface area contributed by atoms with Gasteiger partial charge in [-0.3, -0.25) is 9.36 Å². The van der Waals surface area contributed by atoms with Crippen molar-refractivity contribution in [3.05, 3.63) is 76.0 Å². The van der Waals surface area contributed by atoms with Crippen LogP contribution in [0.5, 0.6) is 0 Å². The van der Waals surface area contributed by atoms with Crippen molar-refractivity contribution in [1.29, 1.82) is 0 Å². The predicted molar refractivity (Wildman–Crippen MR) is 106 cm³/mol. The number of nitrogens with one attached hydrogen (secondary N) is 1. The maximum Gasteiger partial charge on any atom is 0.255 e. The fraction of sp³-hybridized carbons (Fsp3) is 0.227. The van der Waals surface area contributed by atoms with Crippen molar-refractivity contribution < 1.29 is 0 Å². The molecule has 1 aliphatic rings. The number of pyridine rings is 1. The van der Waals surface area contributed by atoms with Gasteiger partial charge in [0.25, 0.3) is 5.56 Å². The van der Waals surface area contributed by atoms with Gasteiger partial charge in [0.15, 0.2) is 0 Å². The number of hydrogen-bond acceptors (Lipinski definition) is 3. The van der Waals surface area contributed by atoms with Crippen molar-refractivity contribution in [3.63, 3.8) is 0 Å².